The summed E-state index contributed by atoms with van der Waals surface area (Å²) >= 11 is 0. The van der Waals surface area contributed by atoms with Crippen molar-refractivity contribution in [2.75, 3.05) is 0 Å². The number of hydrogen-bond acceptors (Lipinski definition) is 4. The van der Waals surface area contributed by atoms with E-state index in [1.807, 2.05) is 0 Å². The molecule has 1 unspecified atom stereocenters. The van der Waals surface area contributed by atoms with Crippen molar-refractivity contribution in [2.45, 2.75) is 51.0 Å². The third-order valence-corrected chi connectivity index (χ3v) is 3.62. The van der Waals surface area contributed by atoms with Gasteiger partial charge in [0, 0.05) is 12.5 Å². The molecule has 1 atom stereocenters. The van der Waals surface area contributed by atoms with Crippen molar-refractivity contribution in [1.82, 2.24) is 10.2 Å². The quantitative estimate of drug-likeness (QED) is 0.761. The number of aromatic hydroxyl groups is 1. The van der Waals surface area contributed by atoms with Gasteiger partial charge in [-0.3, -0.25) is 4.79 Å². The van der Waals surface area contributed by atoms with Crippen LogP contribution in [0.25, 0.3) is 0 Å². The molecule has 1 aromatic heterocycles. The maximum absolute atomic E-state index is 10.6. The van der Waals surface area contributed by atoms with Crippen molar-refractivity contribution >= 4 is 6.47 Å². The van der Waals surface area contributed by atoms with Crippen LogP contribution >= 0.6 is 0 Å². The Morgan fingerprint density at radius 3 is 2.89 bits per heavy atom. The molecule has 1 saturated carbocycles. The Kier molecular flexibility index (Phi) is 4.61. The minimum absolute atomic E-state index is 0.0486. The third kappa shape index (κ3) is 3.75. The Hall–Kier alpha value is -1.52. The summed E-state index contributed by atoms with van der Waals surface area (Å²) < 4.78 is 5.14. The van der Waals surface area contributed by atoms with Gasteiger partial charge in [0.25, 0.3) is 6.47 Å². The highest BCUT2D eigenvalue weighted by molar-refractivity contribution is 5.37. The van der Waals surface area contributed by atoms with Crippen molar-refractivity contribution in [1.29, 1.82) is 0 Å². The molecule has 1 heterocycles. The van der Waals surface area contributed by atoms with Gasteiger partial charge >= 0.3 is 0 Å². The third-order valence-electron chi connectivity index (χ3n) is 3.62. The number of ether oxygens (including phenoxy) is 1. The molecule has 0 aromatic carbocycles. The molecule has 0 aliphatic heterocycles. The summed E-state index contributed by atoms with van der Waals surface area (Å²) in [5.41, 5.74) is 0.732. The highest BCUT2D eigenvalue weighted by Gasteiger charge is 2.21. The summed E-state index contributed by atoms with van der Waals surface area (Å²) in [5, 5.41) is 15.6. The number of nitrogens with one attached hydrogen (secondary N) is 1. The molecule has 5 heteroatoms. The Balaban J connectivity index is 1.88. The fourth-order valence-corrected chi connectivity index (χ4v) is 2.75. The van der Waals surface area contributed by atoms with Crippen molar-refractivity contribution in [3.63, 3.8) is 0 Å². The fraction of sp³-hybridized carbons (Fsp3) is 0.692. The van der Waals surface area contributed by atoms with Crippen LogP contribution in [0.5, 0.6) is 5.88 Å². The van der Waals surface area contributed by atoms with Crippen LogP contribution in [0, 0.1) is 5.92 Å². The maximum Gasteiger partial charge on any atom is 0.293 e. The number of H-pyrrole nitrogens is 1. The largest absolute Gasteiger partial charge is 0.494 e. The molecule has 1 aromatic rings. The number of nitrogens with zero attached hydrogens (tertiary/aromatic N) is 1. The average molecular weight is 252 g/mol. The van der Waals surface area contributed by atoms with E-state index < -0.39 is 0 Å². The van der Waals surface area contributed by atoms with Crippen LogP contribution in [0.4, 0.5) is 0 Å². The van der Waals surface area contributed by atoms with Gasteiger partial charge in [0.2, 0.25) is 5.88 Å². The lowest BCUT2D eigenvalue weighted by molar-refractivity contribution is -0.134. The first kappa shape index (κ1) is 12.9. The van der Waals surface area contributed by atoms with E-state index in [4.69, 9.17) is 4.74 Å². The molecule has 2 rings (SSSR count). The molecule has 2 N–H and O–H groups in total. The topological polar surface area (TPSA) is 75.2 Å². The minimum atomic E-state index is -0.131. The van der Waals surface area contributed by atoms with Gasteiger partial charge in [0.15, 0.2) is 0 Å². The number of aromatic amines is 1. The van der Waals surface area contributed by atoms with E-state index in [2.05, 4.69) is 10.2 Å². The van der Waals surface area contributed by atoms with E-state index in [-0.39, 0.29) is 12.0 Å². The van der Waals surface area contributed by atoms with E-state index in [1.165, 1.54) is 32.1 Å². The lowest BCUT2D eigenvalue weighted by Crippen LogP contribution is -2.21. The van der Waals surface area contributed by atoms with Crippen LogP contribution in [-0.4, -0.2) is 27.9 Å². The lowest BCUT2D eigenvalue weighted by Gasteiger charge is -2.25. The van der Waals surface area contributed by atoms with Gasteiger partial charge in [-0.2, -0.15) is 5.10 Å². The minimum Gasteiger partial charge on any atom is -0.494 e. The van der Waals surface area contributed by atoms with Crippen molar-refractivity contribution in [3.8, 4) is 5.88 Å². The second-order valence-electron chi connectivity index (χ2n) is 5.04. The molecule has 1 aliphatic carbocycles. The number of aromatic nitrogens is 2. The highest BCUT2D eigenvalue weighted by atomic mass is 16.5. The molecule has 0 amide bonds. The van der Waals surface area contributed by atoms with Gasteiger partial charge in [-0.25, -0.2) is 5.10 Å². The van der Waals surface area contributed by atoms with Gasteiger partial charge < -0.3 is 9.84 Å². The van der Waals surface area contributed by atoms with Gasteiger partial charge in [-0.05, 0) is 12.3 Å². The van der Waals surface area contributed by atoms with E-state index in [9.17, 15) is 9.90 Å². The molecule has 0 saturated heterocycles. The zero-order chi connectivity index (χ0) is 12.8. The van der Waals surface area contributed by atoms with Gasteiger partial charge in [0.05, 0.1) is 5.69 Å². The zero-order valence-electron chi connectivity index (χ0n) is 10.5. The standard InChI is InChI=1S/C13H20N2O3/c16-9-18-12(6-10-4-2-1-3-5-10)7-11-8-13(17)15-14-11/h8-10,12H,1-7H2,(H2,14,15,17). The van der Waals surface area contributed by atoms with Crippen LogP contribution in [0.15, 0.2) is 6.07 Å². The van der Waals surface area contributed by atoms with Crippen LogP contribution in [0.1, 0.15) is 44.2 Å². The van der Waals surface area contributed by atoms with Crippen LogP contribution in [0.3, 0.4) is 0 Å². The first-order valence-corrected chi connectivity index (χ1v) is 6.60. The van der Waals surface area contributed by atoms with Crippen LogP contribution in [-0.2, 0) is 16.0 Å². The molecule has 1 aliphatic rings. The van der Waals surface area contributed by atoms with Gasteiger partial charge in [-0.1, -0.05) is 32.1 Å². The number of carbonyl (C=O) groups is 1. The first-order valence-electron chi connectivity index (χ1n) is 6.60. The van der Waals surface area contributed by atoms with Crippen molar-refractivity contribution in [2.24, 2.45) is 5.92 Å². The molecular formula is C13H20N2O3. The number of carbonyl (C=O) groups excluding carboxylic acids is 1. The molecule has 5 nitrogen and oxygen atoms in total. The van der Waals surface area contributed by atoms with E-state index in [0.717, 1.165) is 12.1 Å². The Morgan fingerprint density at radius 1 is 1.50 bits per heavy atom. The molecule has 1 fully saturated rings. The summed E-state index contributed by atoms with van der Waals surface area (Å²) in [7, 11) is 0. The summed E-state index contributed by atoms with van der Waals surface area (Å²) in [5.74, 6) is 0.698. The number of rotatable bonds is 6. The zero-order valence-corrected chi connectivity index (χ0v) is 10.5. The summed E-state index contributed by atoms with van der Waals surface area (Å²) in [6.07, 6.45) is 7.66. The van der Waals surface area contributed by atoms with Gasteiger partial charge in [-0.15, -0.1) is 0 Å². The fourth-order valence-electron chi connectivity index (χ4n) is 2.75. The molecule has 100 valence electrons. The van der Waals surface area contributed by atoms with Gasteiger partial charge in [0.1, 0.15) is 6.10 Å². The normalized spacial score (nSPS) is 18.4. The van der Waals surface area contributed by atoms with Crippen LogP contribution in [0.2, 0.25) is 0 Å². The Morgan fingerprint density at radius 2 is 2.28 bits per heavy atom. The SMILES string of the molecule is O=COC(Cc1cc(O)[nH]n1)CC1CCCCC1. The predicted octanol–water partition coefficient (Wildman–Crippen LogP) is 2.17. The summed E-state index contributed by atoms with van der Waals surface area (Å²) in [6.45, 7) is 0.514. The second-order valence-corrected chi connectivity index (χ2v) is 5.04. The molecular weight excluding hydrogens is 232 g/mol. The molecule has 18 heavy (non-hydrogen) atoms. The Bertz CT molecular complexity index is 372. The maximum atomic E-state index is 10.6. The Labute approximate surface area is 107 Å². The number of hydrogen-bond donors (Lipinski definition) is 2. The summed E-state index contributed by atoms with van der Waals surface area (Å²) in [6, 6.07) is 1.57. The summed E-state index contributed by atoms with van der Waals surface area (Å²) in [4.78, 5) is 10.6. The molecule has 0 radical (unpaired) electrons. The smallest absolute Gasteiger partial charge is 0.293 e. The molecule has 0 bridgehead atoms. The lowest BCUT2D eigenvalue weighted by atomic mass is 9.84. The highest BCUT2D eigenvalue weighted by Crippen LogP contribution is 2.28. The molecule has 0 spiro atoms. The van der Waals surface area contributed by atoms with Crippen LogP contribution < -0.4 is 0 Å². The average Bonchev–Trinajstić information content (AvgIpc) is 2.76. The monoisotopic (exact) mass is 252 g/mol. The van der Waals surface area contributed by atoms with E-state index in [1.54, 1.807) is 6.07 Å². The van der Waals surface area contributed by atoms with E-state index in [0.29, 0.717) is 18.8 Å². The predicted molar refractivity (Wildman–Crippen MR) is 66.1 cm³/mol. The van der Waals surface area contributed by atoms with Crippen molar-refractivity contribution in [3.05, 3.63) is 11.8 Å². The first-order chi connectivity index (χ1) is 8.78. The van der Waals surface area contributed by atoms with E-state index >= 15 is 0 Å². The van der Waals surface area contributed by atoms with Crippen molar-refractivity contribution < 1.29 is 14.6 Å². The second kappa shape index (κ2) is 6.42.